The Labute approximate surface area is 300 Å². The zero-order chi connectivity index (χ0) is 35.1. The van der Waals surface area contributed by atoms with Crippen LogP contribution in [-0.2, 0) is 33.3 Å². The molecule has 8 nitrogen and oxygen atoms in total. The topological polar surface area (TPSA) is 85.7 Å². The first kappa shape index (κ1) is 37.1. The number of rotatable bonds is 18. The number of aromatic nitrogens is 2. The first-order valence-corrected chi connectivity index (χ1v) is 19.5. The minimum absolute atomic E-state index is 0.108. The highest BCUT2D eigenvalue weighted by atomic mass is 32.2. The van der Waals surface area contributed by atoms with Gasteiger partial charge in [-0.1, -0.05) is 45.4 Å². The maximum absolute atomic E-state index is 13.7. The summed E-state index contributed by atoms with van der Waals surface area (Å²) in [6.07, 6.45) is 12.3. The van der Waals surface area contributed by atoms with E-state index >= 15 is 0 Å². The SMILES string of the molecule is CCCCOCCOc1ccc(-c2ccc3c(c2)/C=C(/C(=O)Nc2ccc([S@@](=O)CCc4cncn4CCC)cc2)CCCN3CCC)cc1. The Balaban J connectivity index is 1.26. The lowest BCUT2D eigenvalue weighted by Gasteiger charge is -2.29. The molecule has 1 aliphatic heterocycles. The highest BCUT2D eigenvalue weighted by Gasteiger charge is 2.19. The highest BCUT2D eigenvalue weighted by molar-refractivity contribution is 7.85. The van der Waals surface area contributed by atoms with Crippen LogP contribution in [0.1, 0.15) is 70.6 Å². The first-order valence-electron chi connectivity index (χ1n) is 18.2. The van der Waals surface area contributed by atoms with Gasteiger partial charge in [-0.15, -0.1) is 0 Å². The number of nitrogens with zero attached hydrogens (tertiary/aromatic N) is 3. The van der Waals surface area contributed by atoms with E-state index in [9.17, 15) is 9.00 Å². The molecule has 2 heterocycles. The molecule has 1 aromatic heterocycles. The highest BCUT2D eigenvalue weighted by Crippen LogP contribution is 2.33. The zero-order valence-corrected chi connectivity index (χ0v) is 30.7. The van der Waals surface area contributed by atoms with Crippen molar-refractivity contribution >= 4 is 34.2 Å². The summed E-state index contributed by atoms with van der Waals surface area (Å²) in [4.78, 5) is 21.1. The molecule has 3 aromatic carbocycles. The third-order valence-corrected chi connectivity index (χ3v) is 10.2. The van der Waals surface area contributed by atoms with E-state index in [4.69, 9.17) is 9.47 Å². The van der Waals surface area contributed by atoms with E-state index in [2.05, 4.69) is 76.9 Å². The molecule has 0 bridgehead atoms. The van der Waals surface area contributed by atoms with Gasteiger partial charge in [0.05, 0.1) is 23.7 Å². The number of hydrogen-bond donors (Lipinski definition) is 1. The summed E-state index contributed by atoms with van der Waals surface area (Å²) in [5.74, 6) is 1.24. The van der Waals surface area contributed by atoms with Crippen LogP contribution in [0.2, 0.25) is 0 Å². The molecular weight excluding hydrogens is 645 g/mol. The smallest absolute Gasteiger partial charge is 0.251 e. The predicted molar refractivity (Wildman–Crippen MR) is 205 cm³/mol. The number of aryl methyl sites for hydroxylation is 2. The van der Waals surface area contributed by atoms with Gasteiger partial charge in [0.15, 0.2) is 0 Å². The van der Waals surface area contributed by atoms with Gasteiger partial charge in [0.25, 0.3) is 5.91 Å². The van der Waals surface area contributed by atoms with Crippen molar-refractivity contribution in [3.63, 3.8) is 0 Å². The Kier molecular flexibility index (Phi) is 14.3. The Hall–Kier alpha value is -4.21. The maximum atomic E-state index is 13.7. The quantitative estimate of drug-likeness (QED) is 0.105. The van der Waals surface area contributed by atoms with Gasteiger partial charge in [0.2, 0.25) is 0 Å². The van der Waals surface area contributed by atoms with Crippen molar-refractivity contribution in [2.75, 3.05) is 48.9 Å². The summed E-state index contributed by atoms with van der Waals surface area (Å²) >= 11 is 0. The third kappa shape index (κ3) is 10.4. The van der Waals surface area contributed by atoms with Gasteiger partial charge in [-0.05, 0) is 103 Å². The van der Waals surface area contributed by atoms with E-state index in [0.29, 0.717) is 37.5 Å². The molecule has 0 aliphatic carbocycles. The molecule has 1 amide bonds. The average Bonchev–Trinajstić information content (AvgIpc) is 3.58. The van der Waals surface area contributed by atoms with Crippen LogP contribution in [0.5, 0.6) is 5.75 Å². The molecule has 0 saturated heterocycles. The average molecular weight is 697 g/mol. The fourth-order valence-electron chi connectivity index (χ4n) is 6.19. The van der Waals surface area contributed by atoms with Crippen molar-refractivity contribution < 1.29 is 18.5 Å². The monoisotopic (exact) mass is 696 g/mol. The fourth-order valence-corrected chi connectivity index (χ4v) is 7.26. The summed E-state index contributed by atoms with van der Waals surface area (Å²) < 4.78 is 26.7. The molecule has 0 fully saturated rings. The standard InChI is InChI=1S/C41H52N4O4S/c1-4-7-24-48-25-26-49-38-15-10-32(11-16-38)33-12-19-40-35(28-33)29-34(9-8-23-44(40)21-5-2)41(46)43-36-13-17-39(18-14-36)50(47)27-20-37-30-42-31-45(37)22-6-3/h10-19,28-31H,4-9,20-27H2,1-3H3,(H,43,46)/b34-29+/t50-/m0/s1. The summed E-state index contributed by atoms with van der Waals surface area (Å²) in [5, 5.41) is 3.10. The van der Waals surface area contributed by atoms with Crippen LogP contribution < -0.4 is 15.0 Å². The van der Waals surface area contributed by atoms with Crippen molar-refractivity contribution in [2.45, 2.75) is 77.2 Å². The number of fused-ring (bicyclic) bond motifs is 1. The molecule has 50 heavy (non-hydrogen) atoms. The second-order valence-electron chi connectivity index (χ2n) is 12.7. The first-order chi connectivity index (χ1) is 24.5. The maximum Gasteiger partial charge on any atom is 0.251 e. The van der Waals surface area contributed by atoms with Crippen LogP contribution in [0.15, 0.2) is 89.7 Å². The number of hydrogen-bond acceptors (Lipinski definition) is 6. The lowest BCUT2D eigenvalue weighted by molar-refractivity contribution is -0.112. The summed E-state index contributed by atoms with van der Waals surface area (Å²) in [6, 6.07) is 22.1. The number of unbranched alkanes of at least 4 members (excludes halogenated alkanes) is 1. The molecule has 0 radical (unpaired) electrons. The molecule has 1 aliphatic rings. The van der Waals surface area contributed by atoms with Crippen LogP contribution in [0.4, 0.5) is 11.4 Å². The normalized spacial score (nSPS) is 14.6. The number of benzene rings is 3. The van der Waals surface area contributed by atoms with Crippen molar-refractivity contribution in [2.24, 2.45) is 0 Å². The molecule has 4 aromatic rings. The number of nitrogens with one attached hydrogen (secondary N) is 1. The number of imidazole rings is 1. The van der Waals surface area contributed by atoms with Gasteiger partial charge in [-0.3, -0.25) is 9.00 Å². The van der Waals surface area contributed by atoms with Crippen LogP contribution in [0, 0.1) is 0 Å². The zero-order valence-electron chi connectivity index (χ0n) is 29.9. The number of carbonyl (C=O) groups is 1. The number of anilines is 2. The summed E-state index contributed by atoms with van der Waals surface area (Å²) in [5.41, 5.74) is 6.91. The predicted octanol–water partition coefficient (Wildman–Crippen LogP) is 8.54. The van der Waals surface area contributed by atoms with Crippen LogP contribution in [0.25, 0.3) is 17.2 Å². The van der Waals surface area contributed by atoms with E-state index in [1.54, 1.807) is 0 Å². The van der Waals surface area contributed by atoms with Crippen LogP contribution >= 0.6 is 0 Å². The lowest BCUT2D eigenvalue weighted by atomic mass is 9.96. The van der Waals surface area contributed by atoms with E-state index in [1.165, 1.54) is 0 Å². The third-order valence-electron chi connectivity index (χ3n) is 8.87. The minimum atomic E-state index is -1.14. The van der Waals surface area contributed by atoms with Gasteiger partial charge >= 0.3 is 0 Å². The molecule has 0 unspecified atom stereocenters. The van der Waals surface area contributed by atoms with Crippen molar-refractivity contribution in [1.82, 2.24) is 9.55 Å². The second kappa shape index (κ2) is 19.3. The molecular formula is C41H52N4O4S. The van der Waals surface area contributed by atoms with E-state index < -0.39 is 10.8 Å². The van der Waals surface area contributed by atoms with Crippen LogP contribution in [-0.4, -0.2) is 58.3 Å². The molecule has 0 saturated carbocycles. The Bertz CT molecular complexity index is 1720. The van der Waals surface area contributed by atoms with Gasteiger partial charge in [-0.2, -0.15) is 0 Å². The van der Waals surface area contributed by atoms with Gasteiger partial charge in [0, 0.05) is 72.1 Å². The van der Waals surface area contributed by atoms with E-state index in [1.807, 2.05) is 48.9 Å². The van der Waals surface area contributed by atoms with E-state index in [-0.39, 0.29) is 5.91 Å². The minimum Gasteiger partial charge on any atom is -0.491 e. The fraction of sp³-hybridized carbons (Fsp3) is 0.415. The van der Waals surface area contributed by atoms with Crippen molar-refractivity contribution in [3.8, 4) is 16.9 Å². The van der Waals surface area contributed by atoms with Crippen molar-refractivity contribution in [1.29, 1.82) is 0 Å². The molecule has 1 N–H and O–H groups in total. The summed E-state index contributed by atoms with van der Waals surface area (Å²) in [7, 11) is -1.14. The molecule has 9 heteroatoms. The van der Waals surface area contributed by atoms with E-state index in [0.717, 1.165) is 103 Å². The number of amides is 1. The van der Waals surface area contributed by atoms with Gasteiger partial charge < -0.3 is 24.3 Å². The molecule has 266 valence electrons. The molecule has 1 atom stereocenters. The van der Waals surface area contributed by atoms with Crippen LogP contribution in [0.3, 0.4) is 0 Å². The Morgan fingerprint density at radius 2 is 1.68 bits per heavy atom. The van der Waals surface area contributed by atoms with Gasteiger partial charge in [0.1, 0.15) is 12.4 Å². The van der Waals surface area contributed by atoms with Gasteiger partial charge in [-0.25, -0.2) is 4.98 Å². The molecule has 0 spiro atoms. The van der Waals surface area contributed by atoms with Crippen molar-refractivity contribution in [3.05, 3.63) is 96.1 Å². The Morgan fingerprint density at radius 1 is 0.900 bits per heavy atom. The summed E-state index contributed by atoms with van der Waals surface area (Å²) in [6.45, 7) is 11.1. The number of carbonyl (C=O) groups excluding carboxylic acids is 1. The Morgan fingerprint density at radius 3 is 2.44 bits per heavy atom. The molecule has 5 rings (SSSR count). The number of ether oxygens (including phenoxy) is 2. The lowest BCUT2D eigenvalue weighted by Crippen LogP contribution is -2.28. The second-order valence-corrected chi connectivity index (χ2v) is 14.3. The largest absolute Gasteiger partial charge is 0.491 e.